The maximum Gasteiger partial charge on any atom is 0.187 e. The molecule has 0 radical (unpaired) electrons. The van der Waals surface area contributed by atoms with Crippen molar-refractivity contribution in [2.75, 3.05) is 5.75 Å². The fourth-order valence-corrected chi connectivity index (χ4v) is 1.57. The Hall–Kier alpha value is -1.30. The Bertz CT molecular complexity index is 291. The lowest BCUT2D eigenvalue weighted by atomic mass is 10.3. The molecule has 1 aromatic heterocycles. The van der Waals surface area contributed by atoms with E-state index in [1.807, 2.05) is 0 Å². The van der Waals surface area contributed by atoms with Crippen molar-refractivity contribution >= 4 is 17.6 Å². The Labute approximate surface area is 86.4 Å². The van der Waals surface area contributed by atoms with Crippen LogP contribution in [0.2, 0.25) is 0 Å². The lowest BCUT2D eigenvalue weighted by Crippen LogP contribution is -2.11. The normalized spacial score (nSPS) is 11.6. The van der Waals surface area contributed by atoms with Gasteiger partial charge in [-0.25, -0.2) is 9.97 Å². The Morgan fingerprint density at radius 2 is 2.21 bits per heavy atom. The monoisotopic (exact) mass is 212 g/mol. The predicted molar refractivity (Wildman–Crippen MR) is 55.4 cm³/mol. The Morgan fingerprint density at radius 1 is 1.50 bits per heavy atom. The van der Waals surface area contributed by atoms with Crippen molar-refractivity contribution in [3.8, 4) is 0 Å². The second kappa shape index (κ2) is 6.20. The van der Waals surface area contributed by atoms with Crippen LogP contribution < -0.4 is 5.73 Å². The van der Waals surface area contributed by atoms with E-state index in [2.05, 4.69) is 15.1 Å². The van der Waals surface area contributed by atoms with E-state index in [-0.39, 0.29) is 5.84 Å². The van der Waals surface area contributed by atoms with Crippen LogP contribution in [0, 0.1) is 0 Å². The zero-order valence-corrected chi connectivity index (χ0v) is 8.44. The number of amidine groups is 1. The number of aromatic nitrogens is 2. The van der Waals surface area contributed by atoms with E-state index in [1.54, 1.807) is 30.2 Å². The molecule has 0 saturated carbocycles. The third kappa shape index (κ3) is 4.08. The molecule has 0 unspecified atom stereocenters. The summed E-state index contributed by atoms with van der Waals surface area (Å²) < 4.78 is 0. The minimum Gasteiger partial charge on any atom is -0.409 e. The summed E-state index contributed by atoms with van der Waals surface area (Å²) >= 11 is 1.56. The first kappa shape index (κ1) is 10.8. The number of oxime groups is 1. The molecule has 1 rings (SSSR count). The smallest absolute Gasteiger partial charge is 0.187 e. The largest absolute Gasteiger partial charge is 0.409 e. The fraction of sp³-hybridized carbons (Fsp3) is 0.375. The summed E-state index contributed by atoms with van der Waals surface area (Å²) in [5.41, 5.74) is 5.31. The molecule has 0 amide bonds. The number of hydrogen-bond acceptors (Lipinski definition) is 5. The van der Waals surface area contributed by atoms with Gasteiger partial charge in [0, 0.05) is 24.6 Å². The van der Waals surface area contributed by atoms with Crippen molar-refractivity contribution < 1.29 is 5.21 Å². The van der Waals surface area contributed by atoms with Gasteiger partial charge in [0.1, 0.15) is 5.84 Å². The third-order valence-electron chi connectivity index (χ3n) is 1.48. The van der Waals surface area contributed by atoms with Gasteiger partial charge in [-0.15, -0.1) is 0 Å². The quantitative estimate of drug-likeness (QED) is 0.145. The highest BCUT2D eigenvalue weighted by molar-refractivity contribution is 7.99. The molecular formula is C8H12N4OS. The highest BCUT2D eigenvalue weighted by atomic mass is 32.2. The molecule has 0 spiro atoms. The standard InChI is InChI=1S/C8H12N4OS/c9-7(12-13)3-1-6-14-8-10-4-2-5-11-8/h2,4-5,13H,1,3,6H2,(H2,9,12). The van der Waals surface area contributed by atoms with Gasteiger partial charge in [-0.05, 0) is 12.5 Å². The van der Waals surface area contributed by atoms with Crippen LogP contribution in [-0.2, 0) is 0 Å². The van der Waals surface area contributed by atoms with E-state index in [0.29, 0.717) is 6.42 Å². The summed E-state index contributed by atoms with van der Waals surface area (Å²) in [6.45, 7) is 0. The van der Waals surface area contributed by atoms with E-state index in [0.717, 1.165) is 17.3 Å². The van der Waals surface area contributed by atoms with Crippen LogP contribution in [0.3, 0.4) is 0 Å². The van der Waals surface area contributed by atoms with Gasteiger partial charge in [0.25, 0.3) is 0 Å². The molecule has 0 aliphatic heterocycles. The molecule has 1 aromatic rings. The minimum absolute atomic E-state index is 0.264. The summed E-state index contributed by atoms with van der Waals surface area (Å²) in [6.07, 6.45) is 4.85. The average Bonchev–Trinajstić information content (AvgIpc) is 2.25. The summed E-state index contributed by atoms with van der Waals surface area (Å²) in [7, 11) is 0. The molecule has 0 atom stereocenters. The summed E-state index contributed by atoms with van der Waals surface area (Å²) in [4.78, 5) is 8.11. The maximum atomic E-state index is 8.28. The van der Waals surface area contributed by atoms with Crippen LogP contribution in [0.15, 0.2) is 28.8 Å². The Morgan fingerprint density at radius 3 is 2.86 bits per heavy atom. The predicted octanol–water partition coefficient (Wildman–Crippen LogP) is 1.10. The van der Waals surface area contributed by atoms with Crippen molar-refractivity contribution in [2.24, 2.45) is 10.9 Å². The van der Waals surface area contributed by atoms with Gasteiger partial charge in [0.15, 0.2) is 5.16 Å². The van der Waals surface area contributed by atoms with E-state index < -0.39 is 0 Å². The van der Waals surface area contributed by atoms with Crippen LogP contribution >= 0.6 is 11.8 Å². The number of thioether (sulfide) groups is 1. The van der Waals surface area contributed by atoms with Crippen LogP contribution in [0.1, 0.15) is 12.8 Å². The first-order chi connectivity index (χ1) is 6.83. The van der Waals surface area contributed by atoms with Gasteiger partial charge >= 0.3 is 0 Å². The van der Waals surface area contributed by atoms with Gasteiger partial charge in [-0.2, -0.15) is 0 Å². The Balaban J connectivity index is 2.17. The van der Waals surface area contributed by atoms with Crippen molar-refractivity contribution in [2.45, 2.75) is 18.0 Å². The molecule has 14 heavy (non-hydrogen) atoms. The van der Waals surface area contributed by atoms with Gasteiger partial charge in [-0.1, -0.05) is 16.9 Å². The molecule has 5 nitrogen and oxygen atoms in total. The van der Waals surface area contributed by atoms with E-state index in [1.165, 1.54) is 0 Å². The van der Waals surface area contributed by atoms with Gasteiger partial charge in [-0.3, -0.25) is 0 Å². The van der Waals surface area contributed by atoms with Crippen LogP contribution in [-0.4, -0.2) is 26.8 Å². The highest BCUT2D eigenvalue weighted by Gasteiger charge is 1.97. The molecule has 3 N–H and O–H groups in total. The molecule has 0 aliphatic carbocycles. The zero-order chi connectivity index (χ0) is 10.2. The van der Waals surface area contributed by atoms with Crippen LogP contribution in [0.25, 0.3) is 0 Å². The first-order valence-electron chi connectivity index (χ1n) is 4.19. The van der Waals surface area contributed by atoms with Gasteiger partial charge in [0.05, 0.1) is 0 Å². The number of nitrogens with two attached hydrogens (primary N) is 1. The van der Waals surface area contributed by atoms with Crippen molar-refractivity contribution in [1.29, 1.82) is 0 Å². The lowest BCUT2D eigenvalue weighted by Gasteiger charge is -1.98. The summed E-state index contributed by atoms with van der Waals surface area (Å²) in [5.74, 6) is 1.12. The molecule has 0 aliphatic rings. The van der Waals surface area contributed by atoms with Crippen molar-refractivity contribution in [3.05, 3.63) is 18.5 Å². The summed E-state index contributed by atoms with van der Waals surface area (Å²) in [5, 5.41) is 11.9. The van der Waals surface area contributed by atoms with E-state index in [4.69, 9.17) is 10.9 Å². The van der Waals surface area contributed by atoms with Crippen LogP contribution in [0.4, 0.5) is 0 Å². The molecule has 76 valence electrons. The zero-order valence-electron chi connectivity index (χ0n) is 7.63. The number of rotatable bonds is 5. The number of nitrogens with zero attached hydrogens (tertiary/aromatic N) is 3. The molecule has 0 aromatic carbocycles. The second-order valence-electron chi connectivity index (χ2n) is 2.57. The average molecular weight is 212 g/mol. The molecule has 0 fully saturated rings. The molecule has 0 bridgehead atoms. The highest BCUT2D eigenvalue weighted by Crippen LogP contribution is 2.12. The second-order valence-corrected chi connectivity index (χ2v) is 3.64. The van der Waals surface area contributed by atoms with Crippen LogP contribution in [0.5, 0.6) is 0 Å². The van der Waals surface area contributed by atoms with Crippen molar-refractivity contribution in [1.82, 2.24) is 9.97 Å². The number of hydrogen-bond donors (Lipinski definition) is 2. The fourth-order valence-electron chi connectivity index (χ4n) is 0.827. The Kier molecular flexibility index (Phi) is 4.77. The molecular weight excluding hydrogens is 200 g/mol. The van der Waals surface area contributed by atoms with E-state index >= 15 is 0 Å². The molecule has 1 heterocycles. The maximum absolute atomic E-state index is 8.28. The summed E-state index contributed by atoms with van der Waals surface area (Å²) in [6, 6.07) is 1.78. The topological polar surface area (TPSA) is 84.4 Å². The van der Waals surface area contributed by atoms with Gasteiger partial charge in [0.2, 0.25) is 0 Å². The first-order valence-corrected chi connectivity index (χ1v) is 5.17. The van der Waals surface area contributed by atoms with Crippen molar-refractivity contribution in [3.63, 3.8) is 0 Å². The van der Waals surface area contributed by atoms with E-state index in [9.17, 15) is 0 Å². The molecule has 0 saturated heterocycles. The lowest BCUT2D eigenvalue weighted by molar-refractivity contribution is 0.317. The third-order valence-corrected chi connectivity index (χ3v) is 2.44. The van der Waals surface area contributed by atoms with Gasteiger partial charge < -0.3 is 10.9 Å². The SMILES string of the molecule is N/C(CCCSc1ncccn1)=N\O. The molecule has 6 heteroatoms. The minimum atomic E-state index is 0.264.